The molecule has 0 spiro atoms. The Labute approximate surface area is 111 Å². The lowest BCUT2D eigenvalue weighted by Crippen LogP contribution is -2.31. The van der Waals surface area contributed by atoms with E-state index in [0.29, 0.717) is 6.61 Å². The first-order valence-corrected chi connectivity index (χ1v) is 7.94. The van der Waals surface area contributed by atoms with Crippen molar-refractivity contribution in [3.05, 3.63) is 21.4 Å². The van der Waals surface area contributed by atoms with E-state index < -0.39 is 0 Å². The standard InChI is InChI=1S/C12H20N2OS2/c1-8(2)15-6-10(14-13)12-5-9-7-16-4-3-11(9)17-12/h5,8,10,14H,3-4,6-7,13H2,1-2H3. The minimum Gasteiger partial charge on any atom is -0.377 e. The summed E-state index contributed by atoms with van der Waals surface area (Å²) in [5, 5.41) is 0. The van der Waals surface area contributed by atoms with Gasteiger partial charge in [0.2, 0.25) is 0 Å². The molecule has 1 aliphatic rings. The lowest BCUT2D eigenvalue weighted by Gasteiger charge is -2.16. The summed E-state index contributed by atoms with van der Waals surface area (Å²) in [6, 6.07) is 2.42. The molecule has 0 amide bonds. The zero-order chi connectivity index (χ0) is 12.3. The molecule has 0 saturated carbocycles. The molecule has 0 saturated heterocycles. The highest BCUT2D eigenvalue weighted by atomic mass is 32.2. The summed E-state index contributed by atoms with van der Waals surface area (Å²) >= 11 is 3.90. The fourth-order valence-corrected chi connectivity index (χ4v) is 4.26. The average Bonchev–Trinajstić information content (AvgIpc) is 2.72. The Morgan fingerprint density at radius 2 is 2.35 bits per heavy atom. The average molecular weight is 272 g/mol. The van der Waals surface area contributed by atoms with Crippen LogP contribution in [0.1, 0.15) is 35.2 Å². The van der Waals surface area contributed by atoms with Crippen molar-refractivity contribution in [3.8, 4) is 0 Å². The number of fused-ring (bicyclic) bond motifs is 1. The van der Waals surface area contributed by atoms with Gasteiger partial charge in [0.15, 0.2) is 0 Å². The Kier molecular flexibility index (Phi) is 4.87. The SMILES string of the molecule is CC(C)OCC(NN)c1cc2c(s1)CCSC2. The number of hydrazine groups is 1. The van der Waals surface area contributed by atoms with Gasteiger partial charge >= 0.3 is 0 Å². The van der Waals surface area contributed by atoms with Crippen LogP contribution in [0, 0.1) is 0 Å². The van der Waals surface area contributed by atoms with E-state index in [-0.39, 0.29) is 12.1 Å². The Bertz CT molecular complexity index is 342. The highest BCUT2D eigenvalue weighted by Gasteiger charge is 2.19. The van der Waals surface area contributed by atoms with Crippen LogP contribution in [-0.2, 0) is 16.9 Å². The molecule has 3 N–H and O–H groups in total. The maximum absolute atomic E-state index is 5.64. The highest BCUT2D eigenvalue weighted by molar-refractivity contribution is 7.98. The van der Waals surface area contributed by atoms with E-state index in [0.717, 1.165) is 5.75 Å². The fraction of sp³-hybridized carbons (Fsp3) is 0.667. The van der Waals surface area contributed by atoms with Crippen LogP contribution in [0.5, 0.6) is 0 Å². The lowest BCUT2D eigenvalue weighted by molar-refractivity contribution is 0.0618. The van der Waals surface area contributed by atoms with Gasteiger partial charge in [0, 0.05) is 15.5 Å². The van der Waals surface area contributed by atoms with Crippen molar-refractivity contribution < 1.29 is 4.74 Å². The number of rotatable bonds is 5. The van der Waals surface area contributed by atoms with Crippen LogP contribution in [0.3, 0.4) is 0 Å². The second kappa shape index (κ2) is 6.20. The normalized spacial score (nSPS) is 17.2. The van der Waals surface area contributed by atoms with Gasteiger partial charge in [-0.2, -0.15) is 11.8 Å². The third-order valence-electron chi connectivity index (χ3n) is 2.79. The largest absolute Gasteiger partial charge is 0.377 e. The van der Waals surface area contributed by atoms with Crippen LogP contribution < -0.4 is 11.3 Å². The van der Waals surface area contributed by atoms with Crippen LogP contribution in [0.15, 0.2) is 6.07 Å². The van der Waals surface area contributed by atoms with E-state index in [4.69, 9.17) is 10.6 Å². The Hall–Kier alpha value is -0.0700. The van der Waals surface area contributed by atoms with Crippen molar-refractivity contribution in [1.29, 1.82) is 0 Å². The molecule has 0 aliphatic carbocycles. The van der Waals surface area contributed by atoms with Gasteiger partial charge in [-0.25, -0.2) is 5.43 Å². The molecule has 1 atom stereocenters. The molecule has 2 rings (SSSR count). The third-order valence-corrected chi connectivity index (χ3v) is 5.15. The number of thiophene rings is 1. The summed E-state index contributed by atoms with van der Waals surface area (Å²) in [6.07, 6.45) is 1.45. The van der Waals surface area contributed by atoms with Crippen molar-refractivity contribution in [1.82, 2.24) is 5.43 Å². The van der Waals surface area contributed by atoms with E-state index in [2.05, 4.69) is 11.5 Å². The van der Waals surface area contributed by atoms with Gasteiger partial charge in [0.1, 0.15) is 0 Å². The third kappa shape index (κ3) is 3.45. The number of thioether (sulfide) groups is 1. The van der Waals surface area contributed by atoms with Gasteiger partial charge in [-0.15, -0.1) is 11.3 Å². The van der Waals surface area contributed by atoms with Crippen LogP contribution in [0.2, 0.25) is 0 Å². The van der Waals surface area contributed by atoms with Crippen LogP contribution >= 0.6 is 23.1 Å². The molecule has 17 heavy (non-hydrogen) atoms. The summed E-state index contributed by atoms with van der Waals surface area (Å²) in [5.74, 6) is 8.01. The van der Waals surface area contributed by atoms with Crippen LogP contribution in [0.25, 0.3) is 0 Å². The van der Waals surface area contributed by atoms with E-state index in [9.17, 15) is 0 Å². The molecular formula is C12H20N2OS2. The zero-order valence-corrected chi connectivity index (χ0v) is 12.0. The second-order valence-electron chi connectivity index (χ2n) is 4.50. The van der Waals surface area contributed by atoms with Gasteiger partial charge < -0.3 is 4.74 Å². The smallest absolute Gasteiger partial charge is 0.0786 e. The van der Waals surface area contributed by atoms with E-state index in [1.165, 1.54) is 27.5 Å². The molecule has 1 aliphatic heterocycles. The zero-order valence-electron chi connectivity index (χ0n) is 10.4. The Morgan fingerprint density at radius 1 is 1.53 bits per heavy atom. The van der Waals surface area contributed by atoms with Crippen molar-refractivity contribution in [2.75, 3.05) is 12.4 Å². The van der Waals surface area contributed by atoms with E-state index >= 15 is 0 Å². The van der Waals surface area contributed by atoms with E-state index in [1.54, 1.807) is 0 Å². The van der Waals surface area contributed by atoms with Crippen molar-refractivity contribution >= 4 is 23.1 Å². The summed E-state index contributed by atoms with van der Waals surface area (Å²) < 4.78 is 5.64. The van der Waals surface area contributed by atoms with Crippen LogP contribution in [-0.4, -0.2) is 18.5 Å². The van der Waals surface area contributed by atoms with Gasteiger partial charge in [0.25, 0.3) is 0 Å². The molecule has 0 bridgehead atoms. The predicted octanol–water partition coefficient (Wildman–Crippen LogP) is 2.47. The molecule has 0 aromatic carbocycles. The molecule has 2 heterocycles. The van der Waals surface area contributed by atoms with E-state index in [1.807, 2.05) is 36.9 Å². The van der Waals surface area contributed by atoms with Crippen molar-refractivity contribution in [3.63, 3.8) is 0 Å². The maximum atomic E-state index is 5.64. The number of hydrogen-bond acceptors (Lipinski definition) is 5. The molecule has 5 heteroatoms. The highest BCUT2D eigenvalue weighted by Crippen LogP contribution is 2.34. The summed E-state index contributed by atoms with van der Waals surface area (Å²) in [7, 11) is 0. The molecule has 3 nitrogen and oxygen atoms in total. The van der Waals surface area contributed by atoms with Crippen molar-refractivity contribution in [2.45, 2.75) is 38.2 Å². The first kappa shape index (κ1) is 13.4. The number of aryl methyl sites for hydroxylation is 1. The molecule has 1 aromatic rings. The van der Waals surface area contributed by atoms with Gasteiger partial charge in [-0.3, -0.25) is 5.84 Å². The van der Waals surface area contributed by atoms with Crippen LogP contribution in [0.4, 0.5) is 0 Å². The first-order valence-electron chi connectivity index (χ1n) is 5.97. The number of ether oxygens (including phenoxy) is 1. The first-order chi connectivity index (χ1) is 8.20. The Balaban J connectivity index is 2.05. The summed E-state index contributed by atoms with van der Waals surface area (Å²) in [4.78, 5) is 2.84. The Morgan fingerprint density at radius 3 is 3.00 bits per heavy atom. The summed E-state index contributed by atoms with van der Waals surface area (Å²) in [5.41, 5.74) is 4.35. The van der Waals surface area contributed by atoms with Gasteiger partial charge in [0.05, 0.1) is 18.8 Å². The molecule has 1 unspecified atom stereocenters. The molecule has 0 fully saturated rings. The molecule has 1 aromatic heterocycles. The molecule has 96 valence electrons. The maximum Gasteiger partial charge on any atom is 0.0786 e. The minimum atomic E-state index is 0.123. The van der Waals surface area contributed by atoms with Gasteiger partial charge in [-0.05, 0) is 37.7 Å². The molecule has 0 radical (unpaired) electrons. The second-order valence-corrected chi connectivity index (χ2v) is 6.77. The number of hydrogen-bond donors (Lipinski definition) is 2. The fourth-order valence-electron chi connectivity index (χ4n) is 1.84. The molecular weight excluding hydrogens is 252 g/mol. The van der Waals surface area contributed by atoms with Gasteiger partial charge in [-0.1, -0.05) is 0 Å². The van der Waals surface area contributed by atoms with Crippen molar-refractivity contribution in [2.24, 2.45) is 5.84 Å². The quantitative estimate of drug-likeness (QED) is 0.638. The summed E-state index contributed by atoms with van der Waals surface area (Å²) in [6.45, 7) is 4.73. The topological polar surface area (TPSA) is 47.3 Å². The number of nitrogens with one attached hydrogen (secondary N) is 1. The number of nitrogens with two attached hydrogens (primary N) is 1. The minimum absolute atomic E-state index is 0.123. The predicted molar refractivity (Wildman–Crippen MR) is 75.3 cm³/mol. The lowest BCUT2D eigenvalue weighted by atomic mass is 10.2. The monoisotopic (exact) mass is 272 g/mol.